The highest BCUT2D eigenvalue weighted by Crippen LogP contribution is 2.38. The van der Waals surface area contributed by atoms with E-state index in [0.717, 1.165) is 38.5 Å². The Bertz CT molecular complexity index is 1440. The van der Waals surface area contributed by atoms with Crippen LogP contribution in [-0.2, 0) is 32.7 Å². The number of unbranched alkanes of at least 4 members (excludes halogenated alkanes) is 13. The van der Waals surface area contributed by atoms with Crippen LogP contribution in [0.4, 0.5) is 0 Å². The number of carbonyl (C=O) groups is 2. The van der Waals surface area contributed by atoms with Crippen molar-refractivity contribution < 1.29 is 52.3 Å². The summed E-state index contributed by atoms with van der Waals surface area (Å²) in [5.74, 6) is -1.03. The van der Waals surface area contributed by atoms with Gasteiger partial charge in [0, 0.05) is 12.8 Å². The van der Waals surface area contributed by atoms with E-state index in [2.05, 4.69) is 38.2 Å². The number of carbonyl (C=O) groups excluding carboxylic acids is 2. The van der Waals surface area contributed by atoms with Crippen LogP contribution in [0.15, 0.2) is 97.2 Å². The number of hydrogen-bond donors (Lipinski definition) is 2. The monoisotopic (exact) mass is 918 g/mol. The second-order valence-electron chi connectivity index (χ2n) is 17.1. The molecule has 0 saturated heterocycles. The lowest BCUT2D eigenvalue weighted by Crippen LogP contribution is -2.37. The van der Waals surface area contributed by atoms with Gasteiger partial charge in [0.15, 0.2) is 6.10 Å². The van der Waals surface area contributed by atoms with E-state index < -0.39 is 44.7 Å². The fourth-order valence-corrected chi connectivity index (χ4v) is 6.68. The number of aliphatic hydroxyl groups is 2. The van der Waals surface area contributed by atoms with Gasteiger partial charge in [-0.2, -0.15) is 0 Å². The SMILES string of the molecule is CC/C=C\C[C@@H](O)/C=C/C=C\C/C=C\C=C\[C@@H](O)/C=C\CCCC(=O)OC[C@H](COP(=O)([O-])OCC[N+](C)(C)C)OC(=O)CCCCCCCCCCC/C=C\C/C=C\CCCCC. The third-order valence-corrected chi connectivity index (χ3v) is 10.7. The number of hydrogen-bond acceptors (Lipinski definition) is 10. The first kappa shape index (κ1) is 60.9. The second kappa shape index (κ2) is 42.5. The van der Waals surface area contributed by atoms with Crippen molar-refractivity contribution in [3.63, 3.8) is 0 Å². The van der Waals surface area contributed by atoms with Crippen LogP contribution in [0.25, 0.3) is 0 Å². The van der Waals surface area contributed by atoms with E-state index in [9.17, 15) is 29.3 Å². The highest BCUT2D eigenvalue weighted by Gasteiger charge is 2.21. The number of phosphoric acid groups is 1. The van der Waals surface area contributed by atoms with Crippen LogP contribution in [0, 0.1) is 0 Å². The topological polar surface area (TPSA) is 152 Å². The Labute approximate surface area is 389 Å². The first-order valence-electron chi connectivity index (χ1n) is 24.2. The smallest absolute Gasteiger partial charge is 0.306 e. The number of aliphatic hydroxyl groups excluding tert-OH is 2. The van der Waals surface area contributed by atoms with Gasteiger partial charge in [-0.1, -0.05) is 169 Å². The van der Waals surface area contributed by atoms with E-state index in [0.29, 0.717) is 43.1 Å². The number of ether oxygens (including phenoxy) is 2. The number of phosphoric ester groups is 1. The van der Waals surface area contributed by atoms with Crippen LogP contribution in [0.1, 0.15) is 155 Å². The van der Waals surface area contributed by atoms with Gasteiger partial charge in [-0.15, -0.1) is 0 Å². The summed E-state index contributed by atoms with van der Waals surface area (Å²) >= 11 is 0. The van der Waals surface area contributed by atoms with Crippen LogP contribution < -0.4 is 4.89 Å². The van der Waals surface area contributed by atoms with E-state index in [1.165, 1.54) is 57.8 Å². The lowest BCUT2D eigenvalue weighted by atomic mass is 10.1. The first-order valence-corrected chi connectivity index (χ1v) is 25.6. The molecule has 11 nitrogen and oxygen atoms in total. The molecular weight excluding hydrogens is 830 g/mol. The largest absolute Gasteiger partial charge is 0.756 e. The van der Waals surface area contributed by atoms with Crippen LogP contribution in [-0.4, -0.2) is 92.5 Å². The van der Waals surface area contributed by atoms with Gasteiger partial charge in [0.2, 0.25) is 0 Å². The third-order valence-electron chi connectivity index (χ3n) is 9.76. The van der Waals surface area contributed by atoms with Crippen molar-refractivity contribution in [1.82, 2.24) is 0 Å². The fraction of sp³-hybridized carbons (Fsp3) is 0.654. The van der Waals surface area contributed by atoms with Crippen LogP contribution in [0.3, 0.4) is 0 Å². The lowest BCUT2D eigenvalue weighted by molar-refractivity contribution is -0.870. The normalized spacial score (nSPS) is 15.3. The highest BCUT2D eigenvalue weighted by atomic mass is 31.2. The average molecular weight is 918 g/mol. The zero-order valence-electron chi connectivity index (χ0n) is 40.4. The summed E-state index contributed by atoms with van der Waals surface area (Å²) in [6.45, 7) is 3.77. The van der Waals surface area contributed by atoms with E-state index in [-0.39, 0.29) is 26.1 Å². The van der Waals surface area contributed by atoms with Gasteiger partial charge in [0.1, 0.15) is 19.8 Å². The van der Waals surface area contributed by atoms with Crippen molar-refractivity contribution >= 4 is 19.8 Å². The Balaban J connectivity index is 4.55. The molecule has 0 aromatic heterocycles. The molecule has 0 spiro atoms. The van der Waals surface area contributed by atoms with Crippen molar-refractivity contribution in [3.8, 4) is 0 Å². The summed E-state index contributed by atoms with van der Waals surface area (Å²) in [4.78, 5) is 37.7. The molecule has 0 fully saturated rings. The Kier molecular flexibility index (Phi) is 40.4. The third kappa shape index (κ3) is 45.4. The maximum Gasteiger partial charge on any atom is 0.306 e. The van der Waals surface area contributed by atoms with Gasteiger partial charge >= 0.3 is 11.9 Å². The molecule has 64 heavy (non-hydrogen) atoms. The standard InChI is InChI=1S/C52H88NO10P/c1-6-8-10-11-12-13-14-15-16-17-18-19-20-21-22-23-27-30-36-43-52(57)63-50(47-62-64(58,59)61-45-44-53(3,4)5)46-60-51(56)42-37-31-35-41-49(55)40-34-29-26-24-25-28-33-39-48(54)38-32-9-7-2/h9,12-13,15-16,25-26,28-29,32-35,39-41,48-50,54-55H,6-8,10-11,14,17-24,27,30-31,36-38,42-47H2,1-5H3/b13-12-,16-15-,28-25-,29-26-,32-9-,39-33+,40-34+,41-35-/t48-,49-,50-/m1/s1. The van der Waals surface area contributed by atoms with Crippen molar-refractivity contribution in [3.05, 3.63) is 97.2 Å². The molecule has 1 unspecified atom stereocenters. The van der Waals surface area contributed by atoms with Gasteiger partial charge in [0.25, 0.3) is 7.82 Å². The van der Waals surface area contributed by atoms with E-state index in [4.69, 9.17) is 18.5 Å². The van der Waals surface area contributed by atoms with Gasteiger partial charge < -0.3 is 38.1 Å². The highest BCUT2D eigenvalue weighted by molar-refractivity contribution is 7.45. The van der Waals surface area contributed by atoms with E-state index >= 15 is 0 Å². The fourth-order valence-electron chi connectivity index (χ4n) is 5.95. The quantitative estimate of drug-likeness (QED) is 0.0151. The van der Waals surface area contributed by atoms with Gasteiger partial charge in [-0.05, 0) is 70.6 Å². The summed E-state index contributed by atoms with van der Waals surface area (Å²) in [5, 5.41) is 20.0. The van der Waals surface area contributed by atoms with E-state index in [1.54, 1.807) is 30.4 Å². The van der Waals surface area contributed by atoms with Gasteiger partial charge in [-0.25, -0.2) is 0 Å². The molecule has 0 heterocycles. The van der Waals surface area contributed by atoms with Crippen molar-refractivity contribution in [2.75, 3.05) is 47.5 Å². The molecule has 4 atom stereocenters. The number of allylic oxidation sites excluding steroid dienone is 12. The predicted molar refractivity (Wildman–Crippen MR) is 261 cm³/mol. The van der Waals surface area contributed by atoms with Crippen molar-refractivity contribution in [2.24, 2.45) is 0 Å². The van der Waals surface area contributed by atoms with Crippen LogP contribution in [0.2, 0.25) is 0 Å². The molecule has 0 aromatic carbocycles. The molecule has 2 N–H and O–H groups in total. The number of esters is 2. The maximum atomic E-state index is 12.7. The average Bonchev–Trinajstić information content (AvgIpc) is 3.24. The molecule has 0 saturated carbocycles. The second-order valence-corrected chi connectivity index (χ2v) is 18.5. The molecule has 0 aliphatic rings. The molecule has 0 aliphatic carbocycles. The molecule has 0 aromatic rings. The molecule has 0 radical (unpaired) electrons. The lowest BCUT2D eigenvalue weighted by Gasteiger charge is -2.28. The molecule has 0 rings (SSSR count). The Morgan fingerprint density at radius 1 is 0.609 bits per heavy atom. The molecule has 0 bridgehead atoms. The predicted octanol–water partition coefficient (Wildman–Crippen LogP) is 11.4. The summed E-state index contributed by atoms with van der Waals surface area (Å²) in [7, 11) is 1.03. The van der Waals surface area contributed by atoms with Crippen molar-refractivity contribution in [2.45, 2.75) is 173 Å². The Hall–Kier alpha value is -3.15. The summed E-state index contributed by atoms with van der Waals surface area (Å²) in [6.07, 6.45) is 49.3. The van der Waals surface area contributed by atoms with E-state index in [1.807, 2.05) is 63.7 Å². The van der Waals surface area contributed by atoms with Gasteiger partial charge in [-0.3, -0.25) is 14.2 Å². The number of quaternary nitrogens is 1. The molecule has 12 heteroatoms. The van der Waals surface area contributed by atoms with Crippen LogP contribution >= 0.6 is 7.82 Å². The zero-order chi connectivity index (χ0) is 47.4. The zero-order valence-corrected chi connectivity index (χ0v) is 41.3. The minimum Gasteiger partial charge on any atom is -0.756 e. The number of likely N-dealkylation sites (N-methyl/N-ethyl adjacent to an activating group) is 1. The number of rotatable bonds is 42. The summed E-state index contributed by atoms with van der Waals surface area (Å²) < 4.78 is 33.8. The molecular formula is C52H88NO10P. The molecule has 0 amide bonds. The minimum absolute atomic E-state index is 0.0701. The van der Waals surface area contributed by atoms with Crippen molar-refractivity contribution in [1.29, 1.82) is 0 Å². The Morgan fingerprint density at radius 2 is 1.19 bits per heavy atom. The maximum absolute atomic E-state index is 12.7. The summed E-state index contributed by atoms with van der Waals surface area (Å²) in [6, 6.07) is 0. The minimum atomic E-state index is -4.68. The Morgan fingerprint density at radius 3 is 1.83 bits per heavy atom. The summed E-state index contributed by atoms with van der Waals surface area (Å²) in [5.41, 5.74) is 0. The molecule has 366 valence electrons. The van der Waals surface area contributed by atoms with Gasteiger partial charge in [0.05, 0.1) is 40.0 Å². The number of nitrogens with zero attached hydrogens (tertiary/aromatic N) is 1. The molecule has 0 aliphatic heterocycles. The first-order chi connectivity index (χ1) is 30.8. The van der Waals surface area contributed by atoms with Crippen LogP contribution in [0.5, 0.6) is 0 Å².